The summed E-state index contributed by atoms with van der Waals surface area (Å²) in [4.78, 5) is 13.1. The van der Waals surface area contributed by atoms with Crippen LogP contribution in [0.4, 0.5) is 13.2 Å². The Hall–Kier alpha value is -1.56. The van der Waals surface area contributed by atoms with Gasteiger partial charge in [-0.25, -0.2) is 13.1 Å². The van der Waals surface area contributed by atoms with Gasteiger partial charge in [-0.05, 0) is 36.2 Å². The highest BCUT2D eigenvalue weighted by Crippen LogP contribution is 2.23. The number of nitrogens with one attached hydrogen (secondary N) is 1. The van der Waals surface area contributed by atoms with Gasteiger partial charge in [-0.1, -0.05) is 13.8 Å². The van der Waals surface area contributed by atoms with Crippen LogP contribution in [0.3, 0.4) is 0 Å². The van der Waals surface area contributed by atoms with Crippen molar-refractivity contribution in [2.24, 2.45) is 11.1 Å². The van der Waals surface area contributed by atoms with E-state index in [1.165, 1.54) is 11.9 Å². The largest absolute Gasteiger partial charge is 0.573 e. The Kier molecular flexibility index (Phi) is 9.03. The highest BCUT2D eigenvalue weighted by atomic mass is 35.5. The molecule has 156 valence electrons. The second-order valence-electron chi connectivity index (χ2n) is 6.46. The third kappa shape index (κ3) is 8.78. The summed E-state index contributed by atoms with van der Waals surface area (Å²) in [5.41, 5.74) is 5.27. The van der Waals surface area contributed by atoms with Crippen molar-refractivity contribution in [3.63, 3.8) is 0 Å². The zero-order valence-electron chi connectivity index (χ0n) is 15.0. The van der Waals surface area contributed by atoms with Crippen LogP contribution in [0.2, 0.25) is 0 Å². The van der Waals surface area contributed by atoms with Crippen LogP contribution in [0.25, 0.3) is 0 Å². The van der Waals surface area contributed by atoms with Gasteiger partial charge in [0.1, 0.15) is 5.75 Å². The second-order valence-corrected chi connectivity index (χ2v) is 8.23. The molecule has 0 aliphatic rings. The topological polar surface area (TPSA) is 102 Å². The average molecular weight is 434 g/mol. The van der Waals surface area contributed by atoms with Crippen molar-refractivity contribution in [2.75, 3.05) is 26.7 Å². The third-order valence-electron chi connectivity index (χ3n) is 3.42. The van der Waals surface area contributed by atoms with Gasteiger partial charge in [0.2, 0.25) is 15.9 Å². The van der Waals surface area contributed by atoms with E-state index < -0.39 is 34.6 Å². The number of carbonyl (C=O) groups excluding carboxylic acids is 1. The summed E-state index contributed by atoms with van der Waals surface area (Å²) in [6.07, 6.45) is -4.87. The molecule has 12 heteroatoms. The number of sulfonamides is 1. The van der Waals surface area contributed by atoms with Crippen molar-refractivity contribution in [2.45, 2.75) is 25.1 Å². The lowest BCUT2D eigenvalue weighted by Crippen LogP contribution is -2.44. The minimum Gasteiger partial charge on any atom is -0.406 e. The van der Waals surface area contributed by atoms with Crippen LogP contribution >= 0.6 is 12.4 Å². The van der Waals surface area contributed by atoms with E-state index in [0.29, 0.717) is 13.1 Å². The number of carbonyl (C=O) groups is 1. The maximum atomic E-state index is 12.1. The molecule has 0 fully saturated rings. The molecule has 0 unspecified atom stereocenters. The van der Waals surface area contributed by atoms with Gasteiger partial charge in [0, 0.05) is 13.6 Å². The molecule has 7 nitrogen and oxygen atoms in total. The number of nitrogens with two attached hydrogens (primary N) is 1. The number of nitrogens with zero attached hydrogens (tertiary/aromatic N) is 1. The SMILES string of the molecule is CN(CC(C)(C)CN)C(=O)CNS(=O)(=O)c1ccc(OC(F)(F)F)cc1.Cl. The molecule has 0 spiro atoms. The van der Waals surface area contributed by atoms with Gasteiger partial charge in [-0.2, -0.15) is 0 Å². The lowest BCUT2D eigenvalue weighted by atomic mass is 9.93. The second kappa shape index (κ2) is 9.58. The third-order valence-corrected chi connectivity index (χ3v) is 4.84. The van der Waals surface area contributed by atoms with Crippen LogP contribution in [0.15, 0.2) is 29.2 Å². The maximum Gasteiger partial charge on any atom is 0.573 e. The van der Waals surface area contributed by atoms with Gasteiger partial charge in [0.25, 0.3) is 0 Å². The molecule has 0 aliphatic carbocycles. The van der Waals surface area contributed by atoms with Gasteiger partial charge < -0.3 is 15.4 Å². The fourth-order valence-corrected chi connectivity index (χ4v) is 2.96. The molecule has 1 aromatic carbocycles. The normalized spacial score (nSPS) is 12.3. The first-order valence-electron chi connectivity index (χ1n) is 7.55. The van der Waals surface area contributed by atoms with Crippen molar-refractivity contribution in [1.29, 1.82) is 0 Å². The van der Waals surface area contributed by atoms with Crippen LogP contribution in [0, 0.1) is 5.41 Å². The molecule has 0 aromatic heterocycles. The summed E-state index contributed by atoms with van der Waals surface area (Å²) in [5, 5.41) is 0. The van der Waals surface area contributed by atoms with Crippen LogP contribution < -0.4 is 15.2 Å². The summed E-state index contributed by atoms with van der Waals surface area (Å²) in [6, 6.07) is 3.66. The first kappa shape index (κ1) is 25.4. The van der Waals surface area contributed by atoms with Crippen molar-refractivity contribution >= 4 is 28.3 Å². The fraction of sp³-hybridized carbons (Fsp3) is 0.533. The van der Waals surface area contributed by atoms with E-state index in [2.05, 4.69) is 9.46 Å². The molecule has 0 bridgehead atoms. The van der Waals surface area contributed by atoms with Crippen LogP contribution in [-0.4, -0.2) is 52.3 Å². The van der Waals surface area contributed by atoms with Crippen molar-refractivity contribution in [3.05, 3.63) is 24.3 Å². The van der Waals surface area contributed by atoms with Gasteiger partial charge in [0.05, 0.1) is 11.4 Å². The minimum atomic E-state index is -4.87. The van der Waals surface area contributed by atoms with Crippen LogP contribution in [0.5, 0.6) is 5.75 Å². The molecule has 0 aliphatic heterocycles. The lowest BCUT2D eigenvalue weighted by Gasteiger charge is -2.29. The maximum absolute atomic E-state index is 12.1. The quantitative estimate of drug-likeness (QED) is 0.650. The lowest BCUT2D eigenvalue weighted by molar-refractivity contribution is -0.274. The Morgan fingerprint density at radius 2 is 1.74 bits per heavy atom. The minimum absolute atomic E-state index is 0. The average Bonchev–Trinajstić information content (AvgIpc) is 2.51. The zero-order valence-corrected chi connectivity index (χ0v) is 16.7. The number of alkyl halides is 3. The van der Waals surface area contributed by atoms with Crippen molar-refractivity contribution in [3.8, 4) is 5.75 Å². The molecule has 3 N–H and O–H groups in total. The van der Waals surface area contributed by atoms with Gasteiger partial charge in [0.15, 0.2) is 0 Å². The van der Waals surface area contributed by atoms with Crippen molar-refractivity contribution < 1.29 is 31.1 Å². The number of halogens is 4. The van der Waals surface area contributed by atoms with Gasteiger partial charge in [-0.3, -0.25) is 4.79 Å². The van der Waals surface area contributed by atoms with E-state index in [1.807, 2.05) is 13.8 Å². The van der Waals surface area contributed by atoms with Crippen LogP contribution in [0.1, 0.15) is 13.8 Å². The van der Waals surface area contributed by atoms with Gasteiger partial charge >= 0.3 is 6.36 Å². The molecule has 27 heavy (non-hydrogen) atoms. The predicted octanol–water partition coefficient (Wildman–Crippen LogP) is 1.73. The molecule has 0 radical (unpaired) electrons. The molecular weight excluding hydrogens is 411 g/mol. The Balaban J connectivity index is 0.00000676. The summed E-state index contributed by atoms with van der Waals surface area (Å²) >= 11 is 0. The van der Waals surface area contributed by atoms with E-state index >= 15 is 0 Å². The number of ether oxygens (including phenoxy) is 1. The van der Waals surface area contributed by atoms with E-state index in [0.717, 1.165) is 24.3 Å². The number of benzene rings is 1. The van der Waals surface area contributed by atoms with E-state index in [-0.39, 0.29) is 22.7 Å². The molecule has 1 rings (SSSR count). The predicted molar refractivity (Wildman–Crippen MR) is 96.0 cm³/mol. The molecule has 0 atom stereocenters. The number of hydrogen-bond acceptors (Lipinski definition) is 5. The van der Waals surface area contributed by atoms with Crippen LogP contribution in [-0.2, 0) is 14.8 Å². The summed E-state index contributed by atoms with van der Waals surface area (Å²) < 4.78 is 66.4. The molecule has 0 saturated carbocycles. The molecule has 1 amide bonds. The highest BCUT2D eigenvalue weighted by molar-refractivity contribution is 7.89. The number of amides is 1. The Morgan fingerprint density at radius 3 is 2.19 bits per heavy atom. The Morgan fingerprint density at radius 1 is 1.22 bits per heavy atom. The summed E-state index contributed by atoms with van der Waals surface area (Å²) in [5.74, 6) is -1.01. The summed E-state index contributed by atoms with van der Waals surface area (Å²) in [6.45, 7) is 3.94. The Bertz CT molecular complexity index is 725. The monoisotopic (exact) mass is 433 g/mol. The molecular formula is C15H23ClF3N3O4S. The Labute approximate surface area is 162 Å². The molecule has 1 aromatic rings. The fourth-order valence-electron chi connectivity index (χ4n) is 1.99. The molecule has 0 heterocycles. The van der Waals surface area contributed by atoms with E-state index in [1.54, 1.807) is 0 Å². The first-order chi connectivity index (χ1) is 11.8. The number of rotatable bonds is 8. The standard InChI is InChI=1S/C15H22F3N3O4S.ClH/c1-14(2,9-19)10-21(3)13(22)8-20-26(23,24)12-6-4-11(5-7-12)25-15(16,17)18;/h4-7,20H,8-10,19H2,1-3H3;1H. The molecule has 0 saturated heterocycles. The van der Waals surface area contributed by atoms with E-state index in [9.17, 15) is 26.4 Å². The van der Waals surface area contributed by atoms with E-state index in [4.69, 9.17) is 5.73 Å². The number of hydrogen-bond donors (Lipinski definition) is 2. The first-order valence-corrected chi connectivity index (χ1v) is 9.03. The number of likely N-dealkylation sites (N-methyl/N-ethyl adjacent to an activating group) is 1. The van der Waals surface area contributed by atoms with Crippen molar-refractivity contribution in [1.82, 2.24) is 9.62 Å². The smallest absolute Gasteiger partial charge is 0.406 e. The summed E-state index contributed by atoms with van der Waals surface area (Å²) in [7, 11) is -2.53. The zero-order chi connectivity index (χ0) is 20.2. The van der Waals surface area contributed by atoms with Gasteiger partial charge in [-0.15, -0.1) is 25.6 Å². The highest BCUT2D eigenvalue weighted by Gasteiger charge is 2.31.